The average molecular weight is 468 g/mol. The summed E-state index contributed by atoms with van der Waals surface area (Å²) in [5, 5.41) is 12.8. The Labute approximate surface area is 198 Å². The fourth-order valence-electron chi connectivity index (χ4n) is 5.65. The van der Waals surface area contributed by atoms with Gasteiger partial charge in [-0.05, 0) is 56.9 Å². The van der Waals surface area contributed by atoms with Gasteiger partial charge < -0.3 is 15.4 Å². The Morgan fingerprint density at radius 2 is 1.88 bits per heavy atom. The summed E-state index contributed by atoms with van der Waals surface area (Å²) < 4.78 is 7.33. The molecule has 0 amide bonds. The third kappa shape index (κ3) is 4.46. The fourth-order valence-corrected chi connectivity index (χ4v) is 6.92. The molecule has 176 valence electrons. The van der Waals surface area contributed by atoms with Gasteiger partial charge in [-0.2, -0.15) is 10.1 Å². The molecular weight excluding hydrogens is 434 g/mol. The number of nitrogens with one attached hydrogen (secondary N) is 2. The summed E-state index contributed by atoms with van der Waals surface area (Å²) in [5.41, 5.74) is 2.40. The Morgan fingerprint density at radius 1 is 1.06 bits per heavy atom. The van der Waals surface area contributed by atoms with E-state index in [9.17, 15) is 0 Å². The monoisotopic (exact) mass is 467 g/mol. The molecule has 4 heterocycles. The van der Waals surface area contributed by atoms with Crippen molar-refractivity contribution >= 4 is 39.0 Å². The molecular formula is C24H33N7OS. The molecule has 0 bridgehead atoms. The molecule has 6 rings (SSSR count). The fraction of sp³-hybridized carbons (Fsp3) is 0.625. The Balaban J connectivity index is 1.25. The second-order valence-corrected chi connectivity index (χ2v) is 10.7. The van der Waals surface area contributed by atoms with Gasteiger partial charge in [0.1, 0.15) is 10.6 Å². The first-order valence-electron chi connectivity index (χ1n) is 12.4. The molecule has 0 radical (unpaired) electrons. The molecule has 2 N–H and O–H groups in total. The van der Waals surface area contributed by atoms with Gasteiger partial charge in [0, 0.05) is 43.3 Å². The van der Waals surface area contributed by atoms with Crippen LogP contribution < -0.4 is 10.6 Å². The van der Waals surface area contributed by atoms with Crippen molar-refractivity contribution in [2.75, 3.05) is 36.9 Å². The lowest BCUT2D eigenvalue weighted by atomic mass is 9.89. The number of anilines is 3. The maximum Gasteiger partial charge on any atom is 0.230 e. The van der Waals surface area contributed by atoms with E-state index in [2.05, 4.69) is 20.6 Å². The van der Waals surface area contributed by atoms with Gasteiger partial charge in [-0.25, -0.2) is 4.98 Å². The number of fused-ring (bicyclic) bond motifs is 3. The highest BCUT2D eigenvalue weighted by atomic mass is 32.1. The van der Waals surface area contributed by atoms with E-state index in [-0.39, 0.29) is 0 Å². The molecule has 0 unspecified atom stereocenters. The maximum absolute atomic E-state index is 5.55. The van der Waals surface area contributed by atoms with Crippen molar-refractivity contribution in [2.45, 2.75) is 63.5 Å². The van der Waals surface area contributed by atoms with E-state index >= 15 is 0 Å². The number of hydrogen-bond donors (Lipinski definition) is 2. The molecule has 0 atom stereocenters. The summed E-state index contributed by atoms with van der Waals surface area (Å²) in [6.07, 6.45) is 13.5. The van der Waals surface area contributed by atoms with Gasteiger partial charge in [0.25, 0.3) is 0 Å². The van der Waals surface area contributed by atoms with Gasteiger partial charge in [-0.1, -0.05) is 0 Å². The highest BCUT2D eigenvalue weighted by Crippen LogP contribution is 2.40. The molecule has 0 aromatic carbocycles. The Bertz CT molecular complexity index is 1110. The lowest BCUT2D eigenvalue weighted by molar-refractivity contribution is 0.00791. The first-order chi connectivity index (χ1) is 16.2. The van der Waals surface area contributed by atoms with Gasteiger partial charge in [0.2, 0.25) is 5.95 Å². The first-order valence-corrected chi connectivity index (χ1v) is 13.2. The third-order valence-corrected chi connectivity index (χ3v) is 8.56. The minimum atomic E-state index is 0.464. The van der Waals surface area contributed by atoms with E-state index in [0.29, 0.717) is 18.0 Å². The number of ether oxygens (including phenoxy) is 1. The van der Waals surface area contributed by atoms with E-state index in [4.69, 9.17) is 14.7 Å². The molecule has 0 spiro atoms. The Hall–Kier alpha value is -2.23. The normalized spacial score (nSPS) is 24.0. The molecule has 2 fully saturated rings. The van der Waals surface area contributed by atoms with Gasteiger partial charge in [-0.3, -0.25) is 9.58 Å². The standard InChI is InChI=1S/C24H33N7OS/c1-30-15-17(14-25-30)27-24-28-22(21-19-4-2-3-5-20(19)33-23(21)29-24)26-16-6-8-18(9-7-16)31-10-12-32-13-11-31/h14-16,18H,2-13H2,1H3,(H2,26,27,28,29). The molecule has 1 aliphatic heterocycles. The second-order valence-electron chi connectivity index (χ2n) is 9.61. The summed E-state index contributed by atoms with van der Waals surface area (Å²) in [6.45, 7) is 3.93. The SMILES string of the molecule is Cn1cc(Nc2nc(NC3CCC(N4CCOCC4)CC3)c3c4c(sc3n2)CCCC4)cn1. The van der Waals surface area contributed by atoms with Crippen LogP contribution in [0.1, 0.15) is 49.0 Å². The quantitative estimate of drug-likeness (QED) is 0.585. The average Bonchev–Trinajstić information content (AvgIpc) is 3.43. The number of aryl methyl sites for hydroxylation is 3. The molecule has 2 aliphatic carbocycles. The zero-order valence-electron chi connectivity index (χ0n) is 19.3. The molecule has 33 heavy (non-hydrogen) atoms. The molecule has 3 aromatic heterocycles. The maximum atomic E-state index is 5.55. The van der Waals surface area contributed by atoms with Crippen LogP contribution in [0, 0.1) is 0 Å². The summed E-state index contributed by atoms with van der Waals surface area (Å²) in [6, 6.07) is 1.17. The minimum Gasteiger partial charge on any atom is -0.379 e. The molecule has 3 aliphatic rings. The van der Waals surface area contributed by atoms with Crippen LogP contribution in [0.2, 0.25) is 0 Å². The molecule has 3 aromatic rings. The zero-order chi connectivity index (χ0) is 22.2. The van der Waals surface area contributed by atoms with Crippen LogP contribution in [0.4, 0.5) is 17.5 Å². The van der Waals surface area contributed by atoms with Gasteiger partial charge in [0.15, 0.2) is 0 Å². The smallest absolute Gasteiger partial charge is 0.230 e. The number of aromatic nitrogens is 4. The van der Waals surface area contributed by atoms with Crippen molar-refractivity contribution in [1.82, 2.24) is 24.6 Å². The molecule has 8 nitrogen and oxygen atoms in total. The van der Waals surface area contributed by atoms with E-state index in [1.165, 1.54) is 60.8 Å². The van der Waals surface area contributed by atoms with Crippen LogP contribution >= 0.6 is 11.3 Å². The summed E-state index contributed by atoms with van der Waals surface area (Å²) in [5.74, 6) is 1.67. The van der Waals surface area contributed by atoms with Crippen molar-refractivity contribution in [3.05, 3.63) is 22.8 Å². The number of morpholine rings is 1. The van der Waals surface area contributed by atoms with Crippen LogP contribution in [0.25, 0.3) is 10.2 Å². The van der Waals surface area contributed by atoms with E-state index < -0.39 is 0 Å². The van der Waals surface area contributed by atoms with Crippen molar-refractivity contribution in [2.24, 2.45) is 7.05 Å². The van der Waals surface area contributed by atoms with Crippen LogP contribution in [-0.4, -0.2) is 63.0 Å². The Morgan fingerprint density at radius 3 is 2.67 bits per heavy atom. The Kier molecular flexibility index (Phi) is 5.94. The molecule has 1 saturated carbocycles. The predicted molar refractivity (Wildman–Crippen MR) is 133 cm³/mol. The number of thiophene rings is 1. The largest absolute Gasteiger partial charge is 0.379 e. The summed E-state index contributed by atoms with van der Waals surface area (Å²) in [7, 11) is 1.92. The van der Waals surface area contributed by atoms with Gasteiger partial charge >= 0.3 is 0 Å². The number of hydrogen-bond acceptors (Lipinski definition) is 8. The van der Waals surface area contributed by atoms with Crippen molar-refractivity contribution in [1.29, 1.82) is 0 Å². The molecule has 9 heteroatoms. The van der Waals surface area contributed by atoms with E-state index in [1.54, 1.807) is 4.68 Å². The lowest BCUT2D eigenvalue weighted by Gasteiger charge is -2.39. The van der Waals surface area contributed by atoms with E-state index in [1.807, 2.05) is 30.8 Å². The van der Waals surface area contributed by atoms with Crippen LogP contribution in [0.5, 0.6) is 0 Å². The van der Waals surface area contributed by atoms with Crippen molar-refractivity contribution in [3.8, 4) is 0 Å². The van der Waals surface area contributed by atoms with Crippen molar-refractivity contribution < 1.29 is 4.74 Å². The van der Waals surface area contributed by atoms with Crippen LogP contribution in [0.3, 0.4) is 0 Å². The first kappa shape index (κ1) is 21.3. The lowest BCUT2D eigenvalue weighted by Crippen LogP contribution is -2.46. The highest BCUT2D eigenvalue weighted by Gasteiger charge is 2.28. The topological polar surface area (TPSA) is 80.1 Å². The van der Waals surface area contributed by atoms with Crippen LogP contribution in [0.15, 0.2) is 12.4 Å². The second kappa shape index (κ2) is 9.19. The summed E-state index contributed by atoms with van der Waals surface area (Å²) in [4.78, 5) is 15.2. The minimum absolute atomic E-state index is 0.464. The number of nitrogens with zero attached hydrogens (tertiary/aromatic N) is 5. The number of rotatable bonds is 5. The van der Waals surface area contributed by atoms with Crippen molar-refractivity contribution in [3.63, 3.8) is 0 Å². The highest BCUT2D eigenvalue weighted by molar-refractivity contribution is 7.19. The predicted octanol–water partition coefficient (Wildman–Crippen LogP) is 4.10. The van der Waals surface area contributed by atoms with Crippen LogP contribution in [-0.2, 0) is 24.6 Å². The zero-order valence-corrected chi connectivity index (χ0v) is 20.2. The summed E-state index contributed by atoms with van der Waals surface area (Å²) >= 11 is 1.85. The van der Waals surface area contributed by atoms with E-state index in [0.717, 1.165) is 49.1 Å². The van der Waals surface area contributed by atoms with Gasteiger partial charge in [0.05, 0.1) is 30.5 Å². The molecule has 1 saturated heterocycles. The third-order valence-electron chi connectivity index (χ3n) is 7.38. The van der Waals surface area contributed by atoms with Gasteiger partial charge in [-0.15, -0.1) is 11.3 Å².